The molecule has 0 radical (unpaired) electrons. The Morgan fingerprint density at radius 3 is 1.98 bits per heavy atom. The number of pyridine rings is 1. The molecule has 0 saturated carbocycles. The van der Waals surface area contributed by atoms with E-state index in [1.165, 1.54) is 23.7 Å². The van der Waals surface area contributed by atoms with Crippen LogP contribution in [0.1, 0.15) is 63.1 Å². The second kappa shape index (κ2) is 23.7. The van der Waals surface area contributed by atoms with E-state index in [9.17, 15) is 9.59 Å². The molecule has 0 aliphatic carbocycles. The van der Waals surface area contributed by atoms with E-state index in [1.807, 2.05) is 68.8 Å². The highest BCUT2D eigenvalue weighted by atomic mass is 35.5. The average Bonchev–Trinajstić information content (AvgIpc) is 3.96. The van der Waals surface area contributed by atoms with Crippen molar-refractivity contribution in [1.82, 2.24) is 30.7 Å². The zero-order valence-corrected chi connectivity index (χ0v) is 34.7. The molecule has 0 unspecified atom stereocenters. The number of nitrogens with one attached hydrogen (secondary N) is 4. The molecule has 6 aromatic rings. The van der Waals surface area contributed by atoms with Crippen molar-refractivity contribution < 1.29 is 9.59 Å². The normalized spacial score (nSPS) is 10.2. The van der Waals surface area contributed by atoms with Gasteiger partial charge in [0.05, 0.1) is 40.1 Å². The van der Waals surface area contributed by atoms with Gasteiger partial charge in [-0.25, -0.2) is 19.9 Å². The van der Waals surface area contributed by atoms with Crippen LogP contribution < -0.4 is 38.9 Å². The lowest BCUT2D eigenvalue weighted by Gasteiger charge is -2.09. The molecule has 11 N–H and O–H groups in total. The Kier molecular flexibility index (Phi) is 19.2. The topological polar surface area (TPSA) is 226 Å². The van der Waals surface area contributed by atoms with Gasteiger partial charge in [-0.3, -0.25) is 9.59 Å². The number of nitrogens with two attached hydrogens (primary N) is 2. The van der Waals surface area contributed by atoms with Crippen LogP contribution in [0.3, 0.4) is 0 Å². The number of carbonyl (C=O) groups is 2. The lowest BCUT2D eigenvalue weighted by molar-refractivity contribution is 0.102. The number of aromatic nitrogens is 5. The number of hydrogen-bond donors (Lipinski definition) is 7. The Balaban J connectivity index is 0.000000254. The smallest absolute Gasteiger partial charge is 0.267 e. The van der Waals surface area contributed by atoms with Gasteiger partial charge in [0.15, 0.2) is 10.3 Å². The van der Waals surface area contributed by atoms with Crippen molar-refractivity contribution in [1.29, 1.82) is 0 Å². The molecule has 0 aliphatic heterocycles. The summed E-state index contributed by atoms with van der Waals surface area (Å²) in [6, 6.07) is 16.6. The number of thiazole rings is 2. The summed E-state index contributed by atoms with van der Waals surface area (Å²) >= 11 is 14.6. The zero-order valence-electron chi connectivity index (χ0n) is 31.5. The maximum Gasteiger partial charge on any atom is 0.267 e. The highest BCUT2D eigenvalue weighted by Crippen LogP contribution is 2.29. The Morgan fingerprint density at radius 1 is 0.821 bits per heavy atom. The number of imidazole rings is 1. The van der Waals surface area contributed by atoms with Crippen LogP contribution in [0, 0.1) is 13.8 Å². The second-order valence-corrected chi connectivity index (χ2v) is 14.9. The monoisotopic (exact) mass is 838 g/mol. The maximum absolute atomic E-state index is 12.5. The highest BCUT2D eigenvalue weighted by molar-refractivity contribution is 7.17. The number of nitrogens with zero attached hydrogens (tertiary/aromatic N) is 5. The van der Waals surface area contributed by atoms with E-state index in [2.05, 4.69) is 52.7 Å². The van der Waals surface area contributed by atoms with Crippen LogP contribution in [-0.2, 0) is 6.54 Å². The van der Waals surface area contributed by atoms with Gasteiger partial charge >= 0.3 is 0 Å². The van der Waals surface area contributed by atoms with Crippen LogP contribution in [-0.4, -0.2) is 49.4 Å². The molecule has 18 heteroatoms. The van der Waals surface area contributed by atoms with Gasteiger partial charge in [0.1, 0.15) is 21.4 Å². The summed E-state index contributed by atoms with van der Waals surface area (Å²) < 4.78 is 2.07. The fourth-order valence-corrected chi connectivity index (χ4v) is 6.56. The molecule has 4 heterocycles. The van der Waals surface area contributed by atoms with Gasteiger partial charge in [-0.15, -0.1) is 0 Å². The van der Waals surface area contributed by atoms with E-state index in [4.69, 9.17) is 34.7 Å². The van der Waals surface area contributed by atoms with Crippen molar-refractivity contribution in [2.45, 2.75) is 53.0 Å². The average molecular weight is 840 g/mol. The quantitative estimate of drug-likeness (QED) is 0.0511. The molecule has 2 amide bonds. The summed E-state index contributed by atoms with van der Waals surface area (Å²) in [6.07, 6.45) is 13.0. The van der Waals surface area contributed by atoms with E-state index in [1.54, 1.807) is 18.3 Å². The minimum Gasteiger partial charge on any atom is -0.375 e. The van der Waals surface area contributed by atoms with Gasteiger partial charge in [0.25, 0.3) is 11.8 Å². The standard InChI is InChI=1S/C20H22ClN5OS.C11H10ClN3OS.C7H13N3.H3N/c1-3-4-11-22-16-9-6-10-17(24-16)25-20-23-12-15(28-20)19(27)26-18-13(2)7-5-8-14(18)21;1-6-3-2-4-7(12)9(6)15-10(16)8-5-14-11(13)17-8;8-3-1-2-5-10-6-4-9-7-10;/h5-10,12H,3-4,11H2,1-2H3,(H,26,27)(H2,22,23,24,25);2-5H,1H3,(H2,13,14)(H,15,16);4,6-7H,1-3,5,8H2;1H3. The summed E-state index contributed by atoms with van der Waals surface area (Å²) in [6.45, 7) is 8.63. The van der Waals surface area contributed by atoms with Crippen LogP contribution >= 0.6 is 45.9 Å². The minimum absolute atomic E-state index is 0. The molecule has 0 aliphatic rings. The van der Waals surface area contributed by atoms with Crippen LogP contribution in [0.2, 0.25) is 10.0 Å². The van der Waals surface area contributed by atoms with Gasteiger partial charge in [-0.2, -0.15) is 0 Å². The molecule has 2 aromatic carbocycles. The Labute approximate surface area is 345 Å². The number of carbonyl (C=O) groups excluding carboxylic acids is 2. The molecular formula is C38H48Cl2N12O2S2. The third kappa shape index (κ3) is 14.5. The third-order valence-corrected chi connectivity index (χ3v) is 10.0. The molecule has 6 rings (SSSR count). The number of amides is 2. The van der Waals surface area contributed by atoms with Crippen molar-refractivity contribution in [3.8, 4) is 0 Å². The van der Waals surface area contributed by atoms with Crippen LogP contribution in [0.15, 0.2) is 85.7 Å². The van der Waals surface area contributed by atoms with E-state index in [0.717, 1.165) is 73.6 Å². The summed E-state index contributed by atoms with van der Waals surface area (Å²) in [5.41, 5.74) is 13.9. The summed E-state index contributed by atoms with van der Waals surface area (Å²) in [5.74, 6) is 0.979. The first-order valence-electron chi connectivity index (χ1n) is 17.5. The number of halogens is 2. The van der Waals surface area contributed by atoms with Crippen molar-refractivity contribution in [2.75, 3.05) is 40.1 Å². The van der Waals surface area contributed by atoms with Gasteiger partial charge in [-0.1, -0.05) is 89.6 Å². The fraction of sp³-hybridized carbons (Fsp3) is 0.263. The molecule has 56 heavy (non-hydrogen) atoms. The van der Waals surface area contributed by atoms with E-state index < -0.39 is 0 Å². The molecule has 0 atom stereocenters. The minimum atomic E-state index is -0.254. The summed E-state index contributed by atoms with van der Waals surface area (Å²) in [4.78, 5) is 41.9. The number of nitrogen functional groups attached to an aromatic ring is 1. The van der Waals surface area contributed by atoms with E-state index in [0.29, 0.717) is 47.3 Å². The fourth-order valence-electron chi connectivity index (χ4n) is 4.72. The first-order chi connectivity index (χ1) is 26.6. The lowest BCUT2D eigenvalue weighted by Crippen LogP contribution is -2.11. The van der Waals surface area contributed by atoms with Crippen LogP contribution in [0.25, 0.3) is 0 Å². The molecule has 14 nitrogen and oxygen atoms in total. The second-order valence-electron chi connectivity index (χ2n) is 12.0. The predicted octanol–water partition coefficient (Wildman–Crippen LogP) is 9.43. The van der Waals surface area contributed by atoms with Crippen LogP contribution in [0.4, 0.5) is 33.3 Å². The number of aryl methyl sites for hydroxylation is 3. The van der Waals surface area contributed by atoms with Crippen LogP contribution in [0.5, 0.6) is 0 Å². The van der Waals surface area contributed by atoms with Gasteiger partial charge in [0, 0.05) is 25.5 Å². The van der Waals surface area contributed by atoms with Crippen molar-refractivity contribution >= 4 is 91.0 Å². The zero-order chi connectivity index (χ0) is 39.6. The van der Waals surface area contributed by atoms with Gasteiger partial charge < -0.3 is 43.5 Å². The Bertz CT molecular complexity index is 2070. The molecule has 298 valence electrons. The number of hydrogen-bond acceptors (Lipinski definition) is 13. The van der Waals surface area contributed by atoms with Gasteiger partial charge in [0.2, 0.25) is 0 Å². The number of unbranched alkanes of at least 4 members (excludes halogenated alkanes) is 2. The number of para-hydroxylation sites is 2. The van der Waals surface area contributed by atoms with E-state index in [-0.39, 0.29) is 18.0 Å². The molecule has 0 saturated heterocycles. The molecule has 0 bridgehead atoms. The highest BCUT2D eigenvalue weighted by Gasteiger charge is 2.15. The lowest BCUT2D eigenvalue weighted by atomic mass is 10.2. The SMILES string of the molecule is CCCCNc1cccc(Nc2ncc(C(=O)Nc3c(C)cccc3Cl)s2)n1.Cc1cccc(Cl)c1NC(=O)c1cnc(N)s1.N.NCCCCn1ccnc1. The van der Waals surface area contributed by atoms with Gasteiger partial charge in [-0.05, 0) is 75.0 Å². The van der Waals surface area contributed by atoms with E-state index >= 15 is 0 Å². The predicted molar refractivity (Wildman–Crippen MR) is 233 cm³/mol. The number of rotatable bonds is 14. The molecular weight excluding hydrogens is 792 g/mol. The Hall–Kier alpha value is -5.10. The molecule has 0 spiro atoms. The first kappa shape index (κ1) is 45.3. The summed E-state index contributed by atoms with van der Waals surface area (Å²) in [7, 11) is 0. The number of benzene rings is 2. The maximum atomic E-state index is 12.5. The van der Waals surface area contributed by atoms with Crippen molar-refractivity contribution in [3.05, 3.63) is 117 Å². The number of anilines is 6. The Morgan fingerprint density at radius 2 is 1.43 bits per heavy atom. The molecule has 4 aromatic heterocycles. The van der Waals surface area contributed by atoms with Crippen molar-refractivity contribution in [3.63, 3.8) is 0 Å². The largest absolute Gasteiger partial charge is 0.375 e. The third-order valence-electron chi connectivity index (χ3n) is 7.65. The van der Waals surface area contributed by atoms with Crippen molar-refractivity contribution in [2.24, 2.45) is 5.73 Å². The first-order valence-corrected chi connectivity index (χ1v) is 19.9. The summed E-state index contributed by atoms with van der Waals surface area (Å²) in [5, 5.41) is 14.0. The molecule has 0 fully saturated rings.